The van der Waals surface area contributed by atoms with Gasteiger partial charge in [-0.25, -0.2) is 0 Å². The Morgan fingerprint density at radius 2 is 2.18 bits per heavy atom. The highest BCUT2D eigenvalue weighted by Gasteiger charge is 2.53. The predicted molar refractivity (Wildman–Crippen MR) is 42.0 cm³/mol. The Balaban J connectivity index is 2.19. The van der Waals surface area contributed by atoms with Crippen molar-refractivity contribution in [2.75, 3.05) is 6.61 Å². The minimum Gasteiger partial charge on any atom is -0.396 e. The van der Waals surface area contributed by atoms with Crippen molar-refractivity contribution in [3.63, 3.8) is 0 Å². The van der Waals surface area contributed by atoms with Gasteiger partial charge in [0.15, 0.2) is 0 Å². The third kappa shape index (κ3) is 0.926. The average molecular weight is 156 g/mol. The van der Waals surface area contributed by atoms with E-state index < -0.39 is 5.60 Å². The second kappa shape index (κ2) is 2.20. The van der Waals surface area contributed by atoms with Gasteiger partial charge in [-0.2, -0.15) is 0 Å². The second-order valence-electron chi connectivity index (χ2n) is 4.35. The zero-order valence-corrected chi connectivity index (χ0v) is 6.95. The van der Waals surface area contributed by atoms with Crippen LogP contribution in [0.15, 0.2) is 0 Å². The second-order valence-corrected chi connectivity index (χ2v) is 4.35. The van der Waals surface area contributed by atoms with E-state index in [1.54, 1.807) is 0 Å². The van der Waals surface area contributed by atoms with Gasteiger partial charge in [-0.1, -0.05) is 0 Å². The van der Waals surface area contributed by atoms with Crippen LogP contribution in [0, 0.1) is 17.8 Å². The Labute approximate surface area is 67.2 Å². The summed E-state index contributed by atoms with van der Waals surface area (Å²) < 4.78 is 0. The first kappa shape index (κ1) is 7.56. The molecule has 4 unspecified atom stereocenters. The molecular formula is C9H16O2. The zero-order valence-electron chi connectivity index (χ0n) is 6.95. The Morgan fingerprint density at radius 3 is 2.45 bits per heavy atom. The summed E-state index contributed by atoms with van der Waals surface area (Å²) >= 11 is 0. The molecule has 2 bridgehead atoms. The number of aliphatic hydroxyl groups excluding tert-OH is 1. The Morgan fingerprint density at radius 1 is 1.45 bits per heavy atom. The van der Waals surface area contributed by atoms with E-state index in [1.165, 1.54) is 6.42 Å². The van der Waals surface area contributed by atoms with Crippen molar-refractivity contribution in [2.45, 2.75) is 31.8 Å². The lowest BCUT2D eigenvalue weighted by Crippen LogP contribution is -2.32. The van der Waals surface area contributed by atoms with E-state index >= 15 is 0 Å². The van der Waals surface area contributed by atoms with Crippen LogP contribution in [0.3, 0.4) is 0 Å². The Kier molecular flexibility index (Phi) is 1.52. The molecule has 0 aromatic heterocycles. The van der Waals surface area contributed by atoms with Gasteiger partial charge in [0.2, 0.25) is 0 Å². The molecule has 0 aliphatic heterocycles. The van der Waals surface area contributed by atoms with E-state index in [1.807, 2.05) is 6.92 Å². The van der Waals surface area contributed by atoms with Gasteiger partial charge in [0.1, 0.15) is 0 Å². The summed E-state index contributed by atoms with van der Waals surface area (Å²) in [5.41, 5.74) is -0.476. The molecule has 64 valence electrons. The Hall–Kier alpha value is -0.0800. The quantitative estimate of drug-likeness (QED) is 0.589. The topological polar surface area (TPSA) is 40.5 Å². The third-order valence-corrected chi connectivity index (χ3v) is 3.66. The number of hydrogen-bond acceptors (Lipinski definition) is 2. The normalized spacial score (nSPS) is 55.4. The molecule has 2 N–H and O–H groups in total. The summed E-state index contributed by atoms with van der Waals surface area (Å²) in [6, 6.07) is 0. The smallest absolute Gasteiger partial charge is 0.0654 e. The summed E-state index contributed by atoms with van der Waals surface area (Å²) in [6.07, 6.45) is 3.23. The monoisotopic (exact) mass is 156 g/mol. The van der Waals surface area contributed by atoms with Gasteiger partial charge in [-0.05, 0) is 43.9 Å². The first-order valence-electron chi connectivity index (χ1n) is 4.48. The van der Waals surface area contributed by atoms with Crippen molar-refractivity contribution in [1.82, 2.24) is 0 Å². The predicted octanol–water partition coefficient (Wildman–Crippen LogP) is 0.776. The van der Waals surface area contributed by atoms with Crippen molar-refractivity contribution >= 4 is 0 Å². The summed E-state index contributed by atoms with van der Waals surface area (Å²) in [7, 11) is 0. The van der Waals surface area contributed by atoms with Gasteiger partial charge in [0.25, 0.3) is 0 Å². The molecule has 0 aromatic rings. The fourth-order valence-corrected chi connectivity index (χ4v) is 3.13. The number of aliphatic hydroxyl groups is 2. The minimum absolute atomic E-state index is 0.269. The summed E-state index contributed by atoms with van der Waals surface area (Å²) in [6.45, 7) is 2.19. The maximum absolute atomic E-state index is 9.88. The zero-order chi connectivity index (χ0) is 8.06. The molecule has 0 amide bonds. The highest BCUT2D eigenvalue weighted by Crippen LogP contribution is 2.54. The maximum atomic E-state index is 9.88. The molecule has 2 rings (SSSR count). The molecule has 11 heavy (non-hydrogen) atoms. The molecular weight excluding hydrogens is 140 g/mol. The van der Waals surface area contributed by atoms with E-state index in [9.17, 15) is 5.11 Å². The van der Waals surface area contributed by atoms with Crippen molar-refractivity contribution in [2.24, 2.45) is 17.8 Å². The van der Waals surface area contributed by atoms with Crippen LogP contribution in [0.2, 0.25) is 0 Å². The van der Waals surface area contributed by atoms with Crippen molar-refractivity contribution in [3.05, 3.63) is 0 Å². The molecule has 0 saturated heterocycles. The van der Waals surface area contributed by atoms with Crippen LogP contribution in [-0.2, 0) is 0 Å². The van der Waals surface area contributed by atoms with Crippen LogP contribution in [0.4, 0.5) is 0 Å². The van der Waals surface area contributed by atoms with E-state index in [-0.39, 0.29) is 6.61 Å². The van der Waals surface area contributed by atoms with Crippen molar-refractivity contribution in [3.8, 4) is 0 Å². The lowest BCUT2D eigenvalue weighted by Gasteiger charge is -2.28. The summed E-state index contributed by atoms with van der Waals surface area (Å²) in [4.78, 5) is 0. The van der Waals surface area contributed by atoms with Gasteiger partial charge in [-0.3, -0.25) is 0 Å². The SMILES string of the molecule is CC1(O)CC2CCC1C2CO. The fraction of sp³-hybridized carbons (Fsp3) is 1.00. The van der Waals surface area contributed by atoms with Crippen LogP contribution in [0.5, 0.6) is 0 Å². The van der Waals surface area contributed by atoms with Crippen molar-refractivity contribution < 1.29 is 10.2 Å². The van der Waals surface area contributed by atoms with Gasteiger partial charge in [0.05, 0.1) is 5.60 Å². The molecule has 0 heterocycles. The molecule has 2 saturated carbocycles. The molecule has 4 atom stereocenters. The summed E-state index contributed by atoms with van der Waals surface area (Å²) in [5, 5.41) is 18.9. The van der Waals surface area contributed by atoms with Gasteiger partial charge >= 0.3 is 0 Å². The molecule has 2 aliphatic rings. The number of rotatable bonds is 1. The van der Waals surface area contributed by atoms with Gasteiger partial charge in [0, 0.05) is 6.61 Å². The van der Waals surface area contributed by atoms with Gasteiger partial charge < -0.3 is 10.2 Å². The molecule has 2 nitrogen and oxygen atoms in total. The molecule has 2 aliphatic carbocycles. The highest BCUT2D eigenvalue weighted by molar-refractivity contribution is 5.03. The fourth-order valence-electron chi connectivity index (χ4n) is 3.13. The molecule has 0 radical (unpaired) electrons. The maximum Gasteiger partial charge on any atom is 0.0654 e. The first-order valence-corrected chi connectivity index (χ1v) is 4.48. The largest absolute Gasteiger partial charge is 0.396 e. The van der Waals surface area contributed by atoms with Crippen LogP contribution in [0.25, 0.3) is 0 Å². The molecule has 2 heteroatoms. The average Bonchev–Trinajstić information content (AvgIpc) is 2.39. The van der Waals surface area contributed by atoms with Gasteiger partial charge in [-0.15, -0.1) is 0 Å². The standard InChI is InChI=1S/C9H16O2/c1-9(11)4-6-2-3-8(9)7(6)5-10/h6-8,10-11H,2-5H2,1H3. The molecule has 0 spiro atoms. The molecule has 2 fully saturated rings. The Bertz CT molecular complexity index is 165. The number of hydrogen-bond donors (Lipinski definition) is 2. The van der Waals surface area contributed by atoms with Crippen LogP contribution < -0.4 is 0 Å². The lowest BCUT2D eigenvalue weighted by molar-refractivity contribution is -0.00369. The van der Waals surface area contributed by atoms with E-state index in [4.69, 9.17) is 5.11 Å². The molecule has 0 aromatic carbocycles. The number of fused-ring (bicyclic) bond motifs is 2. The van der Waals surface area contributed by atoms with Crippen LogP contribution in [0.1, 0.15) is 26.2 Å². The van der Waals surface area contributed by atoms with Crippen LogP contribution in [-0.4, -0.2) is 22.4 Å². The first-order chi connectivity index (χ1) is 5.15. The third-order valence-electron chi connectivity index (χ3n) is 3.66. The minimum atomic E-state index is -0.476. The highest BCUT2D eigenvalue weighted by atomic mass is 16.3. The van der Waals surface area contributed by atoms with E-state index in [0.29, 0.717) is 17.8 Å². The summed E-state index contributed by atoms with van der Waals surface area (Å²) in [5.74, 6) is 1.36. The van der Waals surface area contributed by atoms with Crippen LogP contribution >= 0.6 is 0 Å². The van der Waals surface area contributed by atoms with E-state index in [0.717, 1.165) is 12.8 Å². The van der Waals surface area contributed by atoms with E-state index in [2.05, 4.69) is 0 Å². The lowest BCUT2D eigenvalue weighted by atomic mass is 9.85. The van der Waals surface area contributed by atoms with Crippen molar-refractivity contribution in [1.29, 1.82) is 0 Å².